The molecule has 0 bridgehead atoms. The van der Waals surface area contributed by atoms with Crippen LogP contribution in [-0.4, -0.2) is 22.7 Å². The molecule has 20 heavy (non-hydrogen) atoms. The Kier molecular flexibility index (Phi) is 4.55. The number of anilines is 1. The largest absolute Gasteiger partial charge is 0.394 e. The van der Waals surface area contributed by atoms with Gasteiger partial charge in [0, 0.05) is 22.8 Å². The fraction of sp³-hybridized carbons (Fsp3) is 0.438. The van der Waals surface area contributed by atoms with Gasteiger partial charge in [0.2, 0.25) is 0 Å². The molecule has 0 aliphatic carbocycles. The summed E-state index contributed by atoms with van der Waals surface area (Å²) >= 11 is 0. The fourth-order valence-electron chi connectivity index (χ4n) is 2.42. The quantitative estimate of drug-likeness (QED) is 0.878. The van der Waals surface area contributed by atoms with Gasteiger partial charge < -0.3 is 10.4 Å². The molecule has 3 nitrogen and oxygen atoms in total. The Balaban J connectivity index is 2.39. The van der Waals surface area contributed by atoms with E-state index in [1.54, 1.807) is 6.07 Å². The molecule has 1 heterocycles. The van der Waals surface area contributed by atoms with Crippen LogP contribution >= 0.6 is 0 Å². The highest BCUT2D eigenvalue weighted by atomic mass is 19.1. The van der Waals surface area contributed by atoms with Crippen molar-refractivity contribution in [3.05, 3.63) is 35.8 Å². The zero-order chi connectivity index (χ0) is 14.7. The number of fused-ring (bicyclic) bond motifs is 1. The average Bonchev–Trinajstić information content (AvgIpc) is 2.38. The Morgan fingerprint density at radius 3 is 2.70 bits per heavy atom. The van der Waals surface area contributed by atoms with E-state index in [9.17, 15) is 9.50 Å². The highest BCUT2D eigenvalue weighted by molar-refractivity contribution is 5.91. The van der Waals surface area contributed by atoms with E-state index in [0.29, 0.717) is 5.92 Å². The lowest BCUT2D eigenvalue weighted by Crippen LogP contribution is -2.25. The van der Waals surface area contributed by atoms with Gasteiger partial charge in [0.25, 0.3) is 0 Å². The molecule has 108 valence electrons. The minimum Gasteiger partial charge on any atom is -0.394 e. The predicted octanol–water partition coefficient (Wildman–Crippen LogP) is 3.50. The molecule has 0 radical (unpaired) electrons. The molecule has 2 aromatic rings. The van der Waals surface area contributed by atoms with Crippen molar-refractivity contribution in [2.24, 2.45) is 5.92 Å². The van der Waals surface area contributed by atoms with Crippen molar-refractivity contribution in [1.29, 1.82) is 0 Å². The van der Waals surface area contributed by atoms with Crippen molar-refractivity contribution >= 4 is 16.6 Å². The van der Waals surface area contributed by atoms with Crippen LogP contribution in [-0.2, 0) is 0 Å². The Labute approximate surface area is 118 Å². The molecular formula is C16H21FN2O. The Morgan fingerprint density at radius 1 is 1.30 bits per heavy atom. The first-order chi connectivity index (χ1) is 9.49. The maximum Gasteiger partial charge on any atom is 0.124 e. The summed E-state index contributed by atoms with van der Waals surface area (Å²) in [4.78, 5) is 4.40. The van der Waals surface area contributed by atoms with Gasteiger partial charge in [-0.15, -0.1) is 0 Å². The van der Waals surface area contributed by atoms with Gasteiger partial charge in [0.15, 0.2) is 0 Å². The first-order valence-corrected chi connectivity index (χ1v) is 6.94. The van der Waals surface area contributed by atoms with Crippen molar-refractivity contribution in [2.45, 2.75) is 33.2 Å². The molecule has 2 N–H and O–H groups in total. The number of hydrogen-bond acceptors (Lipinski definition) is 3. The van der Waals surface area contributed by atoms with E-state index in [-0.39, 0.29) is 18.5 Å². The number of nitrogens with zero attached hydrogens (tertiary/aromatic N) is 1. The van der Waals surface area contributed by atoms with Crippen molar-refractivity contribution in [3.8, 4) is 0 Å². The number of aliphatic hydroxyl groups is 1. The molecule has 0 aliphatic heterocycles. The smallest absolute Gasteiger partial charge is 0.124 e. The Hall–Kier alpha value is -1.68. The molecular weight excluding hydrogens is 255 g/mol. The highest BCUT2D eigenvalue weighted by Crippen LogP contribution is 2.25. The number of nitrogens with one attached hydrogen (secondary N) is 1. The molecule has 0 saturated heterocycles. The maximum absolute atomic E-state index is 13.4. The van der Waals surface area contributed by atoms with Gasteiger partial charge in [0.1, 0.15) is 5.82 Å². The molecule has 1 atom stereocenters. The average molecular weight is 276 g/mol. The summed E-state index contributed by atoms with van der Waals surface area (Å²) in [7, 11) is 0. The number of benzene rings is 1. The van der Waals surface area contributed by atoms with E-state index in [1.165, 1.54) is 12.1 Å². The summed E-state index contributed by atoms with van der Waals surface area (Å²) in [5, 5.41) is 13.5. The number of pyridine rings is 1. The summed E-state index contributed by atoms with van der Waals surface area (Å²) < 4.78 is 13.4. The first-order valence-electron chi connectivity index (χ1n) is 6.94. The lowest BCUT2D eigenvalue weighted by molar-refractivity contribution is 0.259. The monoisotopic (exact) mass is 276 g/mol. The van der Waals surface area contributed by atoms with Gasteiger partial charge in [-0.3, -0.25) is 4.98 Å². The van der Waals surface area contributed by atoms with Gasteiger partial charge in [0.05, 0.1) is 12.1 Å². The van der Waals surface area contributed by atoms with E-state index in [1.807, 2.05) is 13.0 Å². The third kappa shape index (κ3) is 3.45. The topological polar surface area (TPSA) is 45.1 Å². The van der Waals surface area contributed by atoms with Gasteiger partial charge in [-0.2, -0.15) is 0 Å². The summed E-state index contributed by atoms with van der Waals surface area (Å²) in [6.07, 6.45) is 0.856. The first kappa shape index (κ1) is 14.7. The van der Waals surface area contributed by atoms with Crippen LogP contribution in [0.5, 0.6) is 0 Å². The second kappa shape index (κ2) is 6.18. The standard InChI is InChI=1S/C16H21FN2O/c1-10(2)6-13(9-20)19-16-7-11(3)18-15-5-4-12(17)8-14(15)16/h4-5,7-8,10,13,20H,6,9H2,1-3H3,(H,18,19). The predicted molar refractivity (Wildman–Crippen MR) is 80.4 cm³/mol. The zero-order valence-corrected chi connectivity index (χ0v) is 12.2. The van der Waals surface area contributed by atoms with Crippen LogP contribution in [0.3, 0.4) is 0 Å². The molecule has 1 aromatic heterocycles. The number of hydrogen-bond donors (Lipinski definition) is 2. The normalized spacial score (nSPS) is 12.9. The summed E-state index contributed by atoms with van der Waals surface area (Å²) in [6.45, 7) is 6.18. The Bertz CT molecular complexity index is 598. The van der Waals surface area contributed by atoms with Crippen LogP contribution in [0.25, 0.3) is 10.9 Å². The summed E-state index contributed by atoms with van der Waals surface area (Å²) in [5.74, 6) is 0.196. The van der Waals surface area contributed by atoms with E-state index in [0.717, 1.165) is 28.7 Å². The summed E-state index contributed by atoms with van der Waals surface area (Å²) in [5.41, 5.74) is 2.45. The lowest BCUT2D eigenvalue weighted by Gasteiger charge is -2.21. The van der Waals surface area contributed by atoms with Crippen LogP contribution in [0.4, 0.5) is 10.1 Å². The lowest BCUT2D eigenvalue weighted by atomic mass is 10.0. The van der Waals surface area contributed by atoms with Gasteiger partial charge in [-0.05, 0) is 43.5 Å². The Morgan fingerprint density at radius 2 is 2.05 bits per heavy atom. The molecule has 2 rings (SSSR count). The third-order valence-electron chi connectivity index (χ3n) is 3.23. The highest BCUT2D eigenvalue weighted by Gasteiger charge is 2.12. The van der Waals surface area contributed by atoms with Crippen LogP contribution in [0.15, 0.2) is 24.3 Å². The second-order valence-electron chi connectivity index (χ2n) is 5.63. The van der Waals surface area contributed by atoms with E-state index >= 15 is 0 Å². The third-order valence-corrected chi connectivity index (χ3v) is 3.23. The summed E-state index contributed by atoms with van der Waals surface area (Å²) in [6, 6.07) is 6.43. The zero-order valence-electron chi connectivity index (χ0n) is 12.2. The molecule has 0 amide bonds. The van der Waals surface area contributed by atoms with Crippen LogP contribution in [0.2, 0.25) is 0 Å². The molecule has 0 spiro atoms. The van der Waals surface area contributed by atoms with Crippen LogP contribution < -0.4 is 5.32 Å². The van der Waals surface area contributed by atoms with Gasteiger partial charge in [-0.25, -0.2) is 4.39 Å². The molecule has 4 heteroatoms. The molecule has 1 aromatic carbocycles. The second-order valence-corrected chi connectivity index (χ2v) is 5.63. The number of halogens is 1. The fourth-order valence-corrected chi connectivity index (χ4v) is 2.42. The van der Waals surface area contributed by atoms with Crippen molar-refractivity contribution < 1.29 is 9.50 Å². The molecule has 1 unspecified atom stereocenters. The number of rotatable bonds is 5. The van der Waals surface area contributed by atoms with Crippen LogP contribution in [0.1, 0.15) is 26.0 Å². The van der Waals surface area contributed by atoms with E-state index in [2.05, 4.69) is 24.1 Å². The van der Waals surface area contributed by atoms with E-state index in [4.69, 9.17) is 0 Å². The molecule has 0 fully saturated rings. The van der Waals surface area contributed by atoms with Gasteiger partial charge >= 0.3 is 0 Å². The van der Waals surface area contributed by atoms with Crippen LogP contribution in [0, 0.1) is 18.7 Å². The van der Waals surface area contributed by atoms with Gasteiger partial charge in [-0.1, -0.05) is 13.8 Å². The van der Waals surface area contributed by atoms with Crippen molar-refractivity contribution in [2.75, 3.05) is 11.9 Å². The minimum atomic E-state index is -0.282. The number of aromatic nitrogens is 1. The maximum atomic E-state index is 13.4. The molecule has 0 saturated carbocycles. The number of aryl methyl sites for hydroxylation is 1. The van der Waals surface area contributed by atoms with E-state index < -0.39 is 0 Å². The molecule has 0 aliphatic rings. The number of aliphatic hydroxyl groups excluding tert-OH is 1. The SMILES string of the molecule is Cc1cc(NC(CO)CC(C)C)c2cc(F)ccc2n1. The van der Waals surface area contributed by atoms with Crippen molar-refractivity contribution in [3.63, 3.8) is 0 Å². The minimum absolute atomic E-state index is 0.0386. The van der Waals surface area contributed by atoms with Crippen molar-refractivity contribution in [1.82, 2.24) is 4.98 Å².